The van der Waals surface area contributed by atoms with Crippen molar-refractivity contribution in [3.63, 3.8) is 0 Å². The molecule has 0 amide bonds. The Hall–Kier alpha value is -2.05. The van der Waals surface area contributed by atoms with E-state index in [1.165, 1.54) is 18.2 Å². The third-order valence-electron chi connectivity index (χ3n) is 3.43. The van der Waals surface area contributed by atoms with Crippen LogP contribution >= 0.6 is 11.6 Å². The molecule has 0 bridgehead atoms. The summed E-state index contributed by atoms with van der Waals surface area (Å²) in [4.78, 5) is 2.35. The quantitative estimate of drug-likeness (QED) is 0.602. The molecule has 0 radical (unpaired) electrons. The summed E-state index contributed by atoms with van der Waals surface area (Å²) in [7, 11) is -3.76. The van der Waals surface area contributed by atoms with Gasteiger partial charge in [0.25, 0.3) is 10.0 Å². The van der Waals surface area contributed by atoms with Crippen molar-refractivity contribution in [1.82, 2.24) is 4.83 Å². The fourth-order valence-electron chi connectivity index (χ4n) is 2.15. The first-order chi connectivity index (χ1) is 11.3. The molecule has 0 aliphatic heterocycles. The Labute approximate surface area is 147 Å². The number of aryl methyl sites for hydroxylation is 1. The van der Waals surface area contributed by atoms with Crippen molar-refractivity contribution in [2.24, 2.45) is 5.10 Å². The van der Waals surface area contributed by atoms with Gasteiger partial charge in [0.15, 0.2) is 0 Å². The van der Waals surface area contributed by atoms with Gasteiger partial charge in [-0.2, -0.15) is 18.4 Å². The molecule has 0 aliphatic rings. The summed E-state index contributed by atoms with van der Waals surface area (Å²) in [5, 5.41) is 14.6. The Bertz CT molecular complexity index is 850. The maximum absolute atomic E-state index is 12.3. The largest absolute Gasteiger partial charge is 0.507 e. The summed E-state index contributed by atoms with van der Waals surface area (Å²) in [5.41, 5.74) is 1.58. The molecule has 0 saturated heterocycles. The van der Waals surface area contributed by atoms with Crippen LogP contribution in [0.4, 0.5) is 0 Å². The first kappa shape index (κ1) is 18.3. The first-order valence-corrected chi connectivity index (χ1v) is 9.34. The lowest BCUT2D eigenvalue weighted by molar-refractivity contribution is 0.473. The Balaban J connectivity index is 2.38. The van der Waals surface area contributed by atoms with Gasteiger partial charge in [-0.3, -0.25) is 0 Å². The number of nitrogens with one attached hydrogen (secondary N) is 1. The van der Waals surface area contributed by atoms with Gasteiger partial charge in [-0.15, -0.1) is 0 Å². The van der Waals surface area contributed by atoms with Crippen molar-refractivity contribution < 1.29 is 13.5 Å². The summed E-state index contributed by atoms with van der Waals surface area (Å²) in [6, 6.07) is 11.1. The van der Waals surface area contributed by atoms with Crippen LogP contribution in [0.25, 0.3) is 0 Å². The fourth-order valence-corrected chi connectivity index (χ4v) is 3.17. The fraction of sp³-hybridized carbons (Fsp3) is 0.235. The van der Waals surface area contributed by atoms with Gasteiger partial charge >= 0.3 is 0 Å². The Morgan fingerprint density at radius 3 is 2.54 bits per heavy atom. The van der Waals surface area contributed by atoms with Crippen molar-refractivity contribution in [3.05, 3.63) is 58.6 Å². The number of hydrazone groups is 1. The molecule has 2 rings (SSSR count). The molecule has 0 unspecified atom stereocenters. The van der Waals surface area contributed by atoms with E-state index in [4.69, 9.17) is 11.6 Å². The van der Waals surface area contributed by atoms with E-state index in [-0.39, 0.29) is 10.6 Å². The number of halogens is 1. The van der Waals surface area contributed by atoms with Gasteiger partial charge in [0.1, 0.15) is 5.75 Å². The van der Waals surface area contributed by atoms with Crippen molar-refractivity contribution >= 4 is 27.3 Å². The Kier molecular flexibility index (Phi) is 5.85. The summed E-state index contributed by atoms with van der Waals surface area (Å²) < 4.78 is 24.5. The number of benzene rings is 2. The van der Waals surface area contributed by atoms with Crippen LogP contribution < -0.4 is 4.83 Å². The van der Waals surface area contributed by atoms with E-state index in [0.29, 0.717) is 22.7 Å². The molecule has 0 spiro atoms. The van der Waals surface area contributed by atoms with E-state index in [2.05, 4.69) is 9.93 Å². The van der Waals surface area contributed by atoms with Crippen LogP contribution in [0, 0.1) is 6.92 Å². The lowest BCUT2D eigenvalue weighted by Gasteiger charge is -2.11. The average molecular weight is 367 g/mol. The number of aromatic hydroxyl groups is 1. The third-order valence-corrected chi connectivity index (χ3v) is 5.06. The summed E-state index contributed by atoms with van der Waals surface area (Å²) in [6.07, 6.45) is 1.22. The third kappa shape index (κ3) is 4.27. The second-order valence-corrected chi connectivity index (χ2v) is 7.40. The van der Waals surface area contributed by atoms with Crippen molar-refractivity contribution in [1.29, 1.82) is 0 Å². The van der Waals surface area contributed by atoms with Crippen molar-refractivity contribution in [2.75, 3.05) is 0 Å². The summed E-state index contributed by atoms with van der Waals surface area (Å²) in [5.74, 6) is 0.0167. The van der Waals surface area contributed by atoms with E-state index < -0.39 is 10.0 Å². The minimum atomic E-state index is -3.76. The van der Waals surface area contributed by atoms with Crippen LogP contribution in [0.5, 0.6) is 5.75 Å². The Morgan fingerprint density at radius 1 is 1.25 bits per heavy atom. The molecule has 2 aromatic carbocycles. The maximum Gasteiger partial charge on any atom is 0.276 e. The molecule has 7 heteroatoms. The van der Waals surface area contributed by atoms with E-state index in [0.717, 1.165) is 12.0 Å². The zero-order valence-corrected chi connectivity index (χ0v) is 15.0. The number of sulfonamides is 1. The van der Waals surface area contributed by atoms with E-state index in [1.807, 2.05) is 6.92 Å². The van der Waals surface area contributed by atoms with Crippen LogP contribution in [0.3, 0.4) is 0 Å². The van der Waals surface area contributed by atoms with Crippen molar-refractivity contribution in [2.45, 2.75) is 31.6 Å². The number of hydrogen-bond acceptors (Lipinski definition) is 4. The highest BCUT2D eigenvalue weighted by atomic mass is 35.5. The van der Waals surface area contributed by atoms with Crippen LogP contribution in [0.2, 0.25) is 5.02 Å². The van der Waals surface area contributed by atoms with E-state index >= 15 is 0 Å². The minimum Gasteiger partial charge on any atom is -0.507 e. The SMILES string of the molecule is CCC/C(=N\NS(=O)(=O)c1ccccc1)c1cc(Cl)c(C)cc1O. The van der Waals surface area contributed by atoms with Gasteiger partial charge in [0.2, 0.25) is 0 Å². The molecule has 0 aromatic heterocycles. The molecular weight excluding hydrogens is 348 g/mol. The zero-order chi connectivity index (χ0) is 17.7. The van der Waals surface area contributed by atoms with E-state index in [9.17, 15) is 13.5 Å². The molecule has 0 atom stereocenters. The molecule has 2 aromatic rings. The van der Waals surface area contributed by atoms with E-state index in [1.54, 1.807) is 31.2 Å². The zero-order valence-electron chi connectivity index (χ0n) is 13.5. The van der Waals surface area contributed by atoms with Gasteiger partial charge in [-0.05, 0) is 43.2 Å². The van der Waals surface area contributed by atoms with Crippen LogP contribution in [0.15, 0.2) is 52.5 Å². The number of rotatable bonds is 6. The lowest BCUT2D eigenvalue weighted by Crippen LogP contribution is -2.20. The smallest absolute Gasteiger partial charge is 0.276 e. The molecule has 2 N–H and O–H groups in total. The molecule has 0 aliphatic carbocycles. The topological polar surface area (TPSA) is 78.8 Å². The predicted molar refractivity (Wildman–Crippen MR) is 96.1 cm³/mol. The molecular formula is C17H19ClN2O3S. The highest BCUT2D eigenvalue weighted by molar-refractivity contribution is 7.89. The molecule has 24 heavy (non-hydrogen) atoms. The van der Waals surface area contributed by atoms with Gasteiger partial charge in [0.05, 0.1) is 10.6 Å². The number of nitrogens with zero attached hydrogens (tertiary/aromatic N) is 1. The highest BCUT2D eigenvalue weighted by Gasteiger charge is 2.15. The number of phenolic OH excluding ortho intramolecular Hbond substituents is 1. The summed E-state index contributed by atoms with van der Waals surface area (Å²) in [6.45, 7) is 3.72. The molecule has 0 saturated carbocycles. The average Bonchev–Trinajstić information content (AvgIpc) is 2.56. The molecule has 5 nitrogen and oxygen atoms in total. The van der Waals surface area contributed by atoms with Crippen molar-refractivity contribution in [3.8, 4) is 5.75 Å². The van der Waals surface area contributed by atoms with Gasteiger partial charge in [-0.1, -0.05) is 43.1 Å². The molecule has 0 fully saturated rings. The van der Waals surface area contributed by atoms with Crippen LogP contribution in [0.1, 0.15) is 30.9 Å². The summed E-state index contributed by atoms with van der Waals surface area (Å²) >= 11 is 6.11. The maximum atomic E-state index is 12.3. The van der Waals surface area contributed by atoms with Gasteiger partial charge in [-0.25, -0.2) is 0 Å². The molecule has 0 heterocycles. The Morgan fingerprint density at radius 2 is 1.92 bits per heavy atom. The second-order valence-electron chi connectivity index (χ2n) is 5.33. The number of phenols is 1. The lowest BCUT2D eigenvalue weighted by atomic mass is 10.0. The standard InChI is InChI=1S/C17H19ClN2O3S/c1-3-7-16(14-11-15(18)12(2)10-17(14)21)19-20-24(22,23)13-8-5-4-6-9-13/h4-6,8-11,20-21H,3,7H2,1-2H3/b19-16+. The van der Waals surface area contributed by atoms with Gasteiger partial charge < -0.3 is 5.11 Å². The predicted octanol–water partition coefficient (Wildman–Crippen LogP) is 3.84. The highest BCUT2D eigenvalue weighted by Crippen LogP contribution is 2.27. The number of hydrogen-bond donors (Lipinski definition) is 2. The minimum absolute atomic E-state index is 0.0167. The first-order valence-electron chi connectivity index (χ1n) is 7.48. The monoisotopic (exact) mass is 366 g/mol. The normalized spacial score (nSPS) is 12.2. The van der Waals surface area contributed by atoms with Crippen LogP contribution in [-0.4, -0.2) is 19.2 Å². The van der Waals surface area contributed by atoms with Crippen LogP contribution in [-0.2, 0) is 10.0 Å². The molecule has 128 valence electrons. The van der Waals surface area contributed by atoms with Gasteiger partial charge in [0, 0.05) is 10.6 Å². The second kappa shape index (κ2) is 7.68.